The van der Waals surface area contributed by atoms with Gasteiger partial charge >= 0.3 is 0 Å². The molecule has 0 saturated carbocycles. The molecule has 184 valence electrons. The van der Waals surface area contributed by atoms with Gasteiger partial charge in [-0.1, -0.05) is 60.7 Å². The summed E-state index contributed by atoms with van der Waals surface area (Å²) in [5.41, 5.74) is 7.58. The Labute approximate surface area is 229 Å². The zero-order valence-electron chi connectivity index (χ0n) is 21.2. The van der Waals surface area contributed by atoms with Crippen LogP contribution in [0.4, 0.5) is 0 Å². The third-order valence-electron chi connectivity index (χ3n) is 7.80. The number of hydrogen-bond donors (Lipinski definition) is 0. The molecule has 40 heavy (non-hydrogen) atoms. The fraction of sp³-hybridized carbons (Fsp3) is 0. The molecule has 0 aliphatic heterocycles. The van der Waals surface area contributed by atoms with Gasteiger partial charge in [0.05, 0.1) is 45.4 Å². The molecule has 0 amide bonds. The van der Waals surface area contributed by atoms with E-state index < -0.39 is 0 Å². The molecule has 0 unspecified atom stereocenters. The van der Waals surface area contributed by atoms with E-state index in [1.807, 2.05) is 36.4 Å². The fourth-order valence-corrected chi connectivity index (χ4v) is 6.10. The highest BCUT2D eigenvalue weighted by Crippen LogP contribution is 2.41. The lowest BCUT2D eigenvalue weighted by molar-refractivity contribution is 0.669. The zero-order chi connectivity index (χ0) is 26.8. The highest BCUT2D eigenvalue weighted by atomic mass is 16.3. The average molecular weight is 510 g/mol. The number of benzene rings is 6. The first-order chi connectivity index (χ1) is 19.7. The zero-order valence-corrected chi connectivity index (χ0v) is 21.2. The normalized spacial score (nSPS) is 11.4. The molecular formula is C36H19N3O. The molecule has 0 spiro atoms. The Hall–Kier alpha value is -5.84. The molecular weight excluding hydrogens is 490 g/mol. The van der Waals surface area contributed by atoms with Crippen LogP contribution in [0.25, 0.3) is 71.3 Å². The SMILES string of the molecule is N#Cc1cc(C#N)cc(-c2ccc3oc4cccc(-n5c6ccccc6c6c7ccccc7ccc65)c4c3c2)c1. The van der Waals surface area contributed by atoms with E-state index in [4.69, 9.17) is 4.42 Å². The van der Waals surface area contributed by atoms with Gasteiger partial charge in [0.2, 0.25) is 0 Å². The Bertz CT molecular complexity index is 2380. The van der Waals surface area contributed by atoms with Crippen molar-refractivity contribution in [1.29, 1.82) is 10.5 Å². The molecule has 6 aromatic carbocycles. The number of furan rings is 1. The van der Waals surface area contributed by atoms with Crippen LogP contribution in [0.2, 0.25) is 0 Å². The molecule has 2 aromatic heterocycles. The largest absolute Gasteiger partial charge is 0.456 e. The van der Waals surface area contributed by atoms with Crippen LogP contribution in [0.1, 0.15) is 11.1 Å². The van der Waals surface area contributed by atoms with Gasteiger partial charge in [0.1, 0.15) is 11.2 Å². The van der Waals surface area contributed by atoms with Crippen molar-refractivity contribution < 1.29 is 4.42 Å². The molecule has 0 atom stereocenters. The Kier molecular flexibility index (Phi) is 4.62. The molecule has 8 rings (SSSR count). The van der Waals surface area contributed by atoms with Gasteiger partial charge in [-0.25, -0.2) is 0 Å². The van der Waals surface area contributed by atoms with E-state index in [2.05, 4.69) is 89.5 Å². The molecule has 4 nitrogen and oxygen atoms in total. The quantitative estimate of drug-likeness (QED) is 0.233. The van der Waals surface area contributed by atoms with Gasteiger partial charge in [0, 0.05) is 16.2 Å². The molecule has 4 heteroatoms. The maximum atomic E-state index is 9.51. The molecule has 0 bridgehead atoms. The number of hydrogen-bond acceptors (Lipinski definition) is 3. The Morgan fingerprint density at radius 3 is 2.12 bits per heavy atom. The van der Waals surface area contributed by atoms with Crippen LogP contribution in [0, 0.1) is 22.7 Å². The lowest BCUT2D eigenvalue weighted by atomic mass is 9.98. The maximum Gasteiger partial charge on any atom is 0.137 e. The van der Waals surface area contributed by atoms with Crippen LogP contribution in [-0.4, -0.2) is 4.57 Å². The lowest BCUT2D eigenvalue weighted by Crippen LogP contribution is -1.94. The summed E-state index contributed by atoms with van der Waals surface area (Å²) in [5, 5.41) is 25.9. The molecule has 8 aromatic rings. The van der Waals surface area contributed by atoms with Crippen molar-refractivity contribution in [2.24, 2.45) is 0 Å². The highest BCUT2D eigenvalue weighted by Gasteiger charge is 2.19. The third kappa shape index (κ3) is 3.11. The van der Waals surface area contributed by atoms with E-state index >= 15 is 0 Å². The minimum absolute atomic E-state index is 0.462. The van der Waals surface area contributed by atoms with E-state index in [9.17, 15) is 10.5 Å². The third-order valence-corrected chi connectivity index (χ3v) is 7.80. The summed E-state index contributed by atoms with van der Waals surface area (Å²) in [5.74, 6) is 0. The molecule has 2 heterocycles. The van der Waals surface area contributed by atoms with Crippen molar-refractivity contribution >= 4 is 54.5 Å². The van der Waals surface area contributed by atoms with Crippen LogP contribution < -0.4 is 0 Å². The van der Waals surface area contributed by atoms with E-state index in [1.165, 1.54) is 21.5 Å². The van der Waals surface area contributed by atoms with E-state index in [-0.39, 0.29) is 0 Å². The number of nitrogens with zero attached hydrogens (tertiary/aromatic N) is 3. The first-order valence-electron chi connectivity index (χ1n) is 13.1. The fourth-order valence-electron chi connectivity index (χ4n) is 6.10. The van der Waals surface area contributed by atoms with E-state index in [0.29, 0.717) is 11.1 Å². The molecule has 0 radical (unpaired) electrons. The minimum Gasteiger partial charge on any atom is -0.456 e. The summed E-state index contributed by atoms with van der Waals surface area (Å²) in [6.45, 7) is 0. The monoisotopic (exact) mass is 509 g/mol. The second kappa shape index (κ2) is 8.33. The van der Waals surface area contributed by atoms with Crippen molar-refractivity contribution in [2.75, 3.05) is 0 Å². The second-order valence-corrected chi connectivity index (χ2v) is 10.0. The van der Waals surface area contributed by atoms with E-state index in [0.717, 1.165) is 49.8 Å². The van der Waals surface area contributed by atoms with Gasteiger partial charge in [-0.15, -0.1) is 0 Å². The second-order valence-electron chi connectivity index (χ2n) is 10.0. The number of fused-ring (bicyclic) bond motifs is 8. The summed E-state index contributed by atoms with van der Waals surface area (Å²) in [4.78, 5) is 0. The summed E-state index contributed by atoms with van der Waals surface area (Å²) in [6.07, 6.45) is 0. The number of aromatic nitrogens is 1. The molecule has 0 N–H and O–H groups in total. The topological polar surface area (TPSA) is 65.7 Å². The minimum atomic E-state index is 0.462. The van der Waals surface area contributed by atoms with Crippen LogP contribution in [-0.2, 0) is 0 Å². The van der Waals surface area contributed by atoms with Crippen molar-refractivity contribution in [1.82, 2.24) is 4.57 Å². The van der Waals surface area contributed by atoms with Gasteiger partial charge in [-0.05, 0) is 76.5 Å². The van der Waals surface area contributed by atoms with Gasteiger partial charge < -0.3 is 8.98 Å². The van der Waals surface area contributed by atoms with Crippen LogP contribution >= 0.6 is 0 Å². The van der Waals surface area contributed by atoms with Gasteiger partial charge in [0.25, 0.3) is 0 Å². The van der Waals surface area contributed by atoms with Gasteiger partial charge in [0.15, 0.2) is 0 Å². The summed E-state index contributed by atoms with van der Waals surface area (Å²) >= 11 is 0. The molecule has 0 aliphatic carbocycles. The van der Waals surface area contributed by atoms with Crippen LogP contribution in [0.15, 0.2) is 120 Å². The van der Waals surface area contributed by atoms with Crippen LogP contribution in [0.3, 0.4) is 0 Å². The smallest absolute Gasteiger partial charge is 0.137 e. The highest BCUT2D eigenvalue weighted by molar-refractivity contribution is 6.22. The average Bonchev–Trinajstić information content (AvgIpc) is 3.56. The van der Waals surface area contributed by atoms with Crippen molar-refractivity contribution in [3.8, 4) is 29.0 Å². The predicted molar refractivity (Wildman–Crippen MR) is 160 cm³/mol. The van der Waals surface area contributed by atoms with Gasteiger partial charge in [-0.3, -0.25) is 0 Å². The molecule has 0 fully saturated rings. The summed E-state index contributed by atoms with van der Waals surface area (Å²) in [7, 11) is 0. The number of nitriles is 2. The number of para-hydroxylation sites is 1. The van der Waals surface area contributed by atoms with Crippen molar-refractivity contribution in [3.63, 3.8) is 0 Å². The lowest BCUT2D eigenvalue weighted by Gasteiger charge is -2.10. The van der Waals surface area contributed by atoms with Gasteiger partial charge in [-0.2, -0.15) is 10.5 Å². The Morgan fingerprint density at radius 2 is 1.30 bits per heavy atom. The van der Waals surface area contributed by atoms with Crippen LogP contribution in [0.5, 0.6) is 0 Å². The van der Waals surface area contributed by atoms with E-state index in [1.54, 1.807) is 6.07 Å². The Morgan fingerprint density at radius 1 is 0.525 bits per heavy atom. The molecule has 0 aliphatic rings. The maximum absolute atomic E-state index is 9.51. The summed E-state index contributed by atoms with van der Waals surface area (Å²) in [6, 6.07) is 43.3. The first kappa shape index (κ1) is 22.2. The summed E-state index contributed by atoms with van der Waals surface area (Å²) < 4.78 is 8.69. The Balaban J connectivity index is 1.47. The number of rotatable bonds is 2. The van der Waals surface area contributed by atoms with Crippen molar-refractivity contribution in [3.05, 3.63) is 126 Å². The molecule has 0 saturated heterocycles. The first-order valence-corrected chi connectivity index (χ1v) is 13.1. The predicted octanol–water partition coefficient (Wildman–Crippen LogP) is 9.25. The standard InChI is InChI=1S/C36H19N3O/c37-20-22-16-23(21-38)18-26(17-22)25-13-15-33-29(19-25)36-31(10-5-11-34(36)40-33)39-30-9-4-3-8-28(30)35-27-7-2-1-6-24(27)12-14-32(35)39/h1-19H. The van der Waals surface area contributed by atoms with Crippen molar-refractivity contribution in [2.45, 2.75) is 0 Å².